The van der Waals surface area contributed by atoms with Crippen molar-refractivity contribution in [3.63, 3.8) is 0 Å². The minimum Gasteiger partial charge on any atom is -0.373 e. The van der Waals surface area contributed by atoms with Crippen molar-refractivity contribution >= 4 is 34.8 Å². The molecular weight excluding hydrogens is 448 g/mol. The Morgan fingerprint density at radius 1 is 0.971 bits per heavy atom. The standard InChI is InChI=1S/C28H27ClN2O3/c1-17-5-3-4-6-22(17)27(32)30-21-8-9-23(18(2)15-21)28(33)31-13-11-19-12-14-34-26(19)24-16-20(29)7-10-25(24)31/h3-10,15-16,19,26H,11-14H2,1-2H3,(H,30,32)/t19-,26+/m1/s1. The van der Waals surface area contributed by atoms with Crippen molar-refractivity contribution in [2.24, 2.45) is 5.92 Å². The number of carbonyl (C=O) groups excluding carboxylic acids is 2. The molecule has 2 heterocycles. The van der Waals surface area contributed by atoms with Gasteiger partial charge in [-0.3, -0.25) is 9.59 Å². The highest BCUT2D eigenvalue weighted by atomic mass is 35.5. The van der Waals surface area contributed by atoms with E-state index in [0.717, 1.165) is 41.8 Å². The van der Waals surface area contributed by atoms with Gasteiger partial charge < -0.3 is 15.0 Å². The smallest absolute Gasteiger partial charge is 0.258 e. The van der Waals surface area contributed by atoms with E-state index in [0.29, 0.717) is 34.3 Å². The Morgan fingerprint density at radius 3 is 2.59 bits per heavy atom. The molecule has 2 aliphatic heterocycles. The number of carbonyl (C=O) groups is 2. The first-order valence-electron chi connectivity index (χ1n) is 11.6. The summed E-state index contributed by atoms with van der Waals surface area (Å²) in [6.45, 7) is 5.18. The van der Waals surface area contributed by atoms with Gasteiger partial charge in [-0.2, -0.15) is 0 Å². The molecule has 1 N–H and O–H groups in total. The summed E-state index contributed by atoms with van der Waals surface area (Å²) in [5.74, 6) is 0.161. The summed E-state index contributed by atoms with van der Waals surface area (Å²) in [7, 11) is 0. The number of nitrogens with one attached hydrogen (secondary N) is 1. The molecule has 34 heavy (non-hydrogen) atoms. The number of amides is 2. The van der Waals surface area contributed by atoms with Gasteiger partial charge in [-0.1, -0.05) is 29.8 Å². The molecule has 0 aromatic heterocycles. The summed E-state index contributed by atoms with van der Waals surface area (Å²) >= 11 is 6.31. The van der Waals surface area contributed by atoms with Crippen molar-refractivity contribution in [1.82, 2.24) is 0 Å². The minimum absolute atomic E-state index is 0.0216. The van der Waals surface area contributed by atoms with E-state index in [1.807, 2.05) is 61.2 Å². The molecule has 0 saturated carbocycles. The Bertz CT molecular complexity index is 1270. The molecule has 1 saturated heterocycles. The molecule has 1 fully saturated rings. The van der Waals surface area contributed by atoms with Gasteiger partial charge in [-0.15, -0.1) is 0 Å². The van der Waals surface area contributed by atoms with Gasteiger partial charge in [0.1, 0.15) is 0 Å². The molecule has 0 bridgehead atoms. The lowest BCUT2D eigenvalue weighted by atomic mass is 9.93. The number of nitrogens with zero attached hydrogens (tertiary/aromatic N) is 1. The fraction of sp³-hybridized carbons (Fsp3) is 0.286. The first-order chi connectivity index (χ1) is 16.4. The van der Waals surface area contributed by atoms with Crippen molar-refractivity contribution < 1.29 is 14.3 Å². The second-order valence-electron chi connectivity index (χ2n) is 9.09. The maximum Gasteiger partial charge on any atom is 0.258 e. The van der Waals surface area contributed by atoms with Crippen LogP contribution in [-0.4, -0.2) is 25.0 Å². The maximum absolute atomic E-state index is 13.7. The lowest BCUT2D eigenvalue weighted by Gasteiger charge is -2.25. The van der Waals surface area contributed by atoms with E-state index in [-0.39, 0.29) is 17.9 Å². The molecule has 5 nitrogen and oxygen atoms in total. The van der Waals surface area contributed by atoms with Crippen LogP contribution in [0.25, 0.3) is 0 Å². The zero-order valence-corrected chi connectivity index (χ0v) is 20.1. The molecule has 0 aliphatic carbocycles. The third-order valence-corrected chi connectivity index (χ3v) is 7.11. The number of aryl methyl sites for hydroxylation is 2. The fourth-order valence-corrected chi connectivity index (χ4v) is 5.23. The average Bonchev–Trinajstić information content (AvgIpc) is 3.23. The zero-order chi connectivity index (χ0) is 23.8. The third kappa shape index (κ3) is 4.22. The Balaban J connectivity index is 1.41. The van der Waals surface area contributed by atoms with Crippen LogP contribution in [0.4, 0.5) is 11.4 Å². The highest BCUT2D eigenvalue weighted by Gasteiger charge is 2.37. The van der Waals surface area contributed by atoms with Gasteiger partial charge in [0.15, 0.2) is 0 Å². The molecule has 0 radical (unpaired) electrons. The van der Waals surface area contributed by atoms with E-state index in [2.05, 4.69) is 5.32 Å². The number of ether oxygens (including phenoxy) is 1. The Hall–Kier alpha value is -3.15. The predicted octanol–water partition coefficient (Wildman–Crippen LogP) is 6.34. The average molecular weight is 475 g/mol. The van der Waals surface area contributed by atoms with Gasteiger partial charge >= 0.3 is 0 Å². The van der Waals surface area contributed by atoms with Crippen molar-refractivity contribution in [3.8, 4) is 0 Å². The highest BCUT2D eigenvalue weighted by Crippen LogP contribution is 2.45. The summed E-state index contributed by atoms with van der Waals surface area (Å²) in [5, 5.41) is 3.59. The molecule has 2 aliphatic rings. The quantitative estimate of drug-likeness (QED) is 0.482. The number of halogens is 1. The Labute approximate surface area is 204 Å². The Kier molecular flexibility index (Phi) is 6.15. The molecular formula is C28H27ClN2O3. The van der Waals surface area contributed by atoms with Crippen LogP contribution in [0.1, 0.15) is 56.4 Å². The molecule has 5 rings (SSSR count). The first kappa shape index (κ1) is 22.6. The van der Waals surface area contributed by atoms with Gasteiger partial charge in [-0.25, -0.2) is 0 Å². The zero-order valence-electron chi connectivity index (χ0n) is 19.3. The van der Waals surface area contributed by atoms with E-state index in [1.54, 1.807) is 18.2 Å². The number of hydrogen-bond donors (Lipinski definition) is 1. The summed E-state index contributed by atoms with van der Waals surface area (Å²) < 4.78 is 6.04. The fourth-order valence-electron chi connectivity index (χ4n) is 5.05. The van der Waals surface area contributed by atoms with E-state index < -0.39 is 0 Å². The van der Waals surface area contributed by atoms with Crippen molar-refractivity contribution in [2.75, 3.05) is 23.4 Å². The SMILES string of the molecule is Cc1ccccc1C(=O)Nc1ccc(C(=O)N2CC[C@@H]3CCO[C@@H]3c3cc(Cl)ccc32)c(C)c1. The number of rotatable bonds is 3. The second kappa shape index (κ2) is 9.24. The predicted molar refractivity (Wildman–Crippen MR) is 135 cm³/mol. The molecule has 0 unspecified atom stereocenters. The monoisotopic (exact) mass is 474 g/mol. The van der Waals surface area contributed by atoms with Crippen molar-refractivity contribution in [3.05, 3.63) is 93.5 Å². The molecule has 3 aromatic rings. The van der Waals surface area contributed by atoms with Gasteiger partial charge in [0.05, 0.1) is 6.10 Å². The summed E-state index contributed by atoms with van der Waals surface area (Å²) in [6, 6.07) is 18.6. The van der Waals surface area contributed by atoms with Crippen LogP contribution >= 0.6 is 11.6 Å². The van der Waals surface area contributed by atoms with Gasteiger partial charge in [0.25, 0.3) is 11.8 Å². The molecule has 0 spiro atoms. The summed E-state index contributed by atoms with van der Waals surface area (Å²) in [5.41, 5.74) is 5.48. The van der Waals surface area contributed by atoms with E-state index in [9.17, 15) is 9.59 Å². The minimum atomic E-state index is -0.165. The van der Waals surface area contributed by atoms with E-state index >= 15 is 0 Å². The lowest BCUT2D eigenvalue weighted by Crippen LogP contribution is -2.32. The second-order valence-corrected chi connectivity index (χ2v) is 9.52. The highest BCUT2D eigenvalue weighted by molar-refractivity contribution is 6.30. The van der Waals surface area contributed by atoms with Crippen LogP contribution in [0.15, 0.2) is 60.7 Å². The topological polar surface area (TPSA) is 58.6 Å². The summed E-state index contributed by atoms with van der Waals surface area (Å²) in [6.07, 6.45) is 1.85. The first-order valence-corrected chi connectivity index (χ1v) is 12.0. The van der Waals surface area contributed by atoms with Gasteiger partial charge in [0.2, 0.25) is 0 Å². The van der Waals surface area contributed by atoms with Crippen molar-refractivity contribution in [1.29, 1.82) is 0 Å². The van der Waals surface area contributed by atoms with Crippen molar-refractivity contribution in [2.45, 2.75) is 32.8 Å². The van der Waals surface area contributed by atoms with Crippen LogP contribution in [0.3, 0.4) is 0 Å². The van der Waals surface area contributed by atoms with Crippen LogP contribution in [0, 0.1) is 19.8 Å². The van der Waals surface area contributed by atoms with E-state index in [4.69, 9.17) is 16.3 Å². The molecule has 174 valence electrons. The van der Waals surface area contributed by atoms with Crippen LogP contribution in [0.5, 0.6) is 0 Å². The molecule has 2 amide bonds. The van der Waals surface area contributed by atoms with Crippen LogP contribution < -0.4 is 10.2 Å². The number of hydrogen-bond acceptors (Lipinski definition) is 3. The molecule has 3 aromatic carbocycles. The molecule has 6 heteroatoms. The van der Waals surface area contributed by atoms with Crippen LogP contribution in [0.2, 0.25) is 5.02 Å². The number of anilines is 2. The van der Waals surface area contributed by atoms with Gasteiger partial charge in [-0.05, 0) is 86.2 Å². The number of fused-ring (bicyclic) bond motifs is 3. The summed E-state index contributed by atoms with van der Waals surface area (Å²) in [4.78, 5) is 28.3. The van der Waals surface area contributed by atoms with Gasteiger partial charge in [0, 0.05) is 46.2 Å². The Morgan fingerprint density at radius 2 is 1.79 bits per heavy atom. The maximum atomic E-state index is 13.7. The normalized spacial score (nSPS) is 19.2. The molecule has 2 atom stereocenters. The largest absolute Gasteiger partial charge is 0.373 e. The lowest BCUT2D eigenvalue weighted by molar-refractivity contribution is 0.0912. The van der Waals surface area contributed by atoms with E-state index in [1.165, 1.54) is 0 Å². The van der Waals surface area contributed by atoms with Crippen LogP contribution in [-0.2, 0) is 4.74 Å². The third-order valence-electron chi connectivity index (χ3n) is 6.87. The number of benzene rings is 3.